The quantitative estimate of drug-likeness (QED) is 0.105. The first kappa shape index (κ1) is 45.6. The Kier molecular flexibility index (Phi) is 19.6. The van der Waals surface area contributed by atoms with Crippen molar-refractivity contribution in [2.45, 2.75) is 0 Å². The Morgan fingerprint density at radius 1 is 0.183 bits per heavy atom. The molecule has 0 unspecified atom stereocenters. The molecule has 0 N–H and O–H groups in total. The molecule has 0 atom stereocenters. The number of hydrogen-bond acceptors (Lipinski definition) is 1. The maximum absolute atomic E-state index is 7.25. The number of hydrogen-bond donors (Lipinski definition) is 0. The van der Waals surface area contributed by atoms with E-state index >= 15 is 0 Å². The summed E-state index contributed by atoms with van der Waals surface area (Å²) in [5.41, 5.74) is 5.75. The molecule has 0 saturated carbocycles. The summed E-state index contributed by atoms with van der Waals surface area (Å²) in [5.74, 6) is 0. The molecule has 1 radical (unpaired) electrons. The van der Waals surface area contributed by atoms with E-state index in [4.69, 9.17) is 10.5 Å². The summed E-state index contributed by atoms with van der Waals surface area (Å²) in [7, 11) is -1.34. The van der Waals surface area contributed by atoms with Gasteiger partial charge in [-0.3, -0.25) is 0 Å². The summed E-state index contributed by atoms with van der Waals surface area (Å²) < 4.78 is 0. The third-order valence-electron chi connectivity index (χ3n) is 9.13. The summed E-state index contributed by atoms with van der Waals surface area (Å²) in [6.45, 7) is 0. The molecule has 9 rings (SSSR count). The largest absolute Gasteiger partial charge is 0.577 e. The maximum Gasteiger partial charge on any atom is 0 e. The first-order valence-electron chi connectivity index (χ1n) is 19.4. The third-order valence-corrected chi connectivity index (χ3v) is 16.5. The summed E-state index contributed by atoms with van der Waals surface area (Å²) in [5, 5.41) is 12.6. The van der Waals surface area contributed by atoms with Gasteiger partial charge in [-0.2, -0.15) is 0 Å². The molecule has 0 aliphatic carbocycles. The monoisotopic (exact) mass is 919 g/mol. The van der Waals surface area contributed by atoms with E-state index in [1.807, 2.05) is 0 Å². The van der Waals surface area contributed by atoms with Gasteiger partial charge in [-0.05, 0) is 71.5 Å². The van der Waals surface area contributed by atoms with Gasteiger partial charge in [0.05, 0.1) is 0 Å². The van der Waals surface area contributed by atoms with Crippen molar-refractivity contribution in [1.29, 1.82) is 0 Å². The Bertz CT molecular complexity index is 1890. The molecule has 0 heterocycles. The second kappa shape index (κ2) is 25.9. The normalized spacial score (nSPS) is 10.1. The first-order chi connectivity index (χ1) is 29.3. The molecule has 2 nitrogen and oxygen atoms in total. The zero-order chi connectivity index (χ0) is 40.7. The van der Waals surface area contributed by atoms with Gasteiger partial charge in [-0.25, -0.2) is 0 Å². The zero-order valence-corrected chi connectivity index (χ0v) is 37.3. The van der Waals surface area contributed by atoms with E-state index in [9.17, 15) is 0 Å². The molecule has 9 aromatic rings. The Balaban J connectivity index is 0.000000166. The predicted molar refractivity (Wildman–Crippen MR) is 262 cm³/mol. The summed E-state index contributed by atoms with van der Waals surface area (Å²) in [6, 6.07) is 97.0. The Labute approximate surface area is 372 Å². The predicted octanol–water partition coefficient (Wildman–Crippen LogP) is 10.7. The van der Waals surface area contributed by atoms with Gasteiger partial charge in [-0.15, -0.1) is 0 Å². The van der Waals surface area contributed by atoms with Gasteiger partial charge in [-0.1, -0.05) is 273 Å². The van der Waals surface area contributed by atoms with Crippen molar-refractivity contribution in [2.24, 2.45) is 0 Å². The van der Waals surface area contributed by atoms with E-state index in [1.165, 1.54) is 47.7 Å². The molecule has 0 aliphatic rings. The van der Waals surface area contributed by atoms with Crippen molar-refractivity contribution in [3.63, 3.8) is 0 Å². The van der Waals surface area contributed by atoms with Crippen LogP contribution in [-0.2, 0) is 19.5 Å². The van der Waals surface area contributed by atoms with Crippen LogP contribution in [0, 0.1) is 4.91 Å². The summed E-state index contributed by atoms with van der Waals surface area (Å²) in [4.78, 5) is 7.25. The van der Waals surface area contributed by atoms with Gasteiger partial charge in [0.15, 0.2) is 0 Å². The van der Waals surface area contributed by atoms with Crippen LogP contribution in [-0.4, -0.2) is 0 Å². The van der Waals surface area contributed by atoms with Gasteiger partial charge in [0.2, 0.25) is 0 Å². The van der Waals surface area contributed by atoms with Crippen LogP contribution in [0.1, 0.15) is 0 Å². The van der Waals surface area contributed by atoms with Crippen molar-refractivity contribution in [2.75, 3.05) is 0 Å². The van der Waals surface area contributed by atoms with Crippen LogP contribution < -0.4 is 47.7 Å². The molecule has 297 valence electrons. The van der Waals surface area contributed by atoms with Gasteiger partial charge in [0.25, 0.3) is 0 Å². The molecule has 0 spiro atoms. The van der Waals surface area contributed by atoms with E-state index in [-0.39, 0.29) is 19.5 Å². The Morgan fingerprint density at radius 2 is 0.267 bits per heavy atom. The van der Waals surface area contributed by atoms with Crippen molar-refractivity contribution in [1.82, 2.24) is 0 Å². The van der Waals surface area contributed by atoms with Gasteiger partial charge in [0.1, 0.15) is 0 Å². The van der Waals surface area contributed by atoms with E-state index in [0.29, 0.717) is 0 Å². The van der Waals surface area contributed by atoms with Crippen LogP contribution in [0.3, 0.4) is 0 Å². The van der Waals surface area contributed by atoms with E-state index in [1.54, 1.807) is 0 Å². The van der Waals surface area contributed by atoms with Crippen LogP contribution in [0.5, 0.6) is 0 Å². The fourth-order valence-electron chi connectivity index (χ4n) is 6.54. The van der Waals surface area contributed by atoms with Crippen molar-refractivity contribution in [3.05, 3.63) is 283 Å². The molecule has 0 fully saturated rings. The van der Waals surface area contributed by atoms with Crippen LogP contribution in [0.25, 0.3) is 5.59 Å². The molecular weight excluding hydrogens is 874 g/mol. The number of nitrogens with zero attached hydrogens (tertiary/aromatic N) is 1. The molecule has 0 aromatic heterocycles. The minimum absolute atomic E-state index is 0. The van der Waals surface area contributed by atoms with Crippen LogP contribution in [0.2, 0.25) is 0 Å². The maximum atomic E-state index is 7.25. The first-order valence-corrected chi connectivity index (χ1v) is 23.4. The number of nitroso groups, excluding NO2 is 1. The smallest absolute Gasteiger partial charge is 0 e. The molecule has 0 saturated heterocycles. The second-order valence-corrected chi connectivity index (χ2v) is 19.7. The topological polar surface area (TPSA) is 39.4 Å². The summed E-state index contributed by atoms with van der Waals surface area (Å²) >= 11 is 0. The van der Waals surface area contributed by atoms with E-state index in [0.717, 1.165) is 0 Å². The van der Waals surface area contributed by atoms with Gasteiger partial charge >= 0.3 is 0 Å². The molecule has 0 bridgehead atoms. The molecule has 60 heavy (non-hydrogen) atoms. The van der Waals surface area contributed by atoms with Crippen molar-refractivity contribution >= 4 is 71.5 Å². The van der Waals surface area contributed by atoms with E-state index < -0.39 is 23.8 Å². The SMILES string of the molecule is [N-]=O.[Rh].c1ccc(P(c2ccccc2)c2ccccc2)cc1.c1ccc(P(c2ccccc2)c2ccccc2)cc1.c1ccc(P(c2ccccc2)c2ccccc2)cc1. The average molecular weight is 920 g/mol. The zero-order valence-electron chi connectivity index (χ0n) is 33.0. The summed E-state index contributed by atoms with van der Waals surface area (Å²) in [6.07, 6.45) is 0. The Hall–Kier alpha value is -5.51. The molecular formula is C54H45NOP3Rh-. The third kappa shape index (κ3) is 13.2. The molecule has 9 aromatic carbocycles. The second-order valence-electron chi connectivity index (χ2n) is 13.0. The van der Waals surface area contributed by atoms with Crippen molar-refractivity contribution in [3.8, 4) is 0 Å². The van der Waals surface area contributed by atoms with Crippen LogP contribution >= 0.6 is 23.8 Å². The minimum Gasteiger partial charge on any atom is -0.577 e. The van der Waals surface area contributed by atoms with Crippen LogP contribution in [0.4, 0.5) is 0 Å². The Morgan fingerprint density at radius 3 is 0.350 bits per heavy atom. The van der Waals surface area contributed by atoms with E-state index in [2.05, 4.69) is 273 Å². The minimum atomic E-state index is -0.446. The molecule has 0 aliphatic heterocycles. The molecule has 6 heteroatoms. The number of rotatable bonds is 9. The standard InChI is InChI=1S/3C18H15P.NO.Rh/c3*1-4-10-16(11-5-1)19(17-12-6-2-7-13-17)18-14-8-3-9-15-18;1-2;/h3*1-15H;;/q;;;-1;. The molecule has 0 amide bonds. The van der Waals surface area contributed by atoms with Gasteiger partial charge < -0.3 is 10.5 Å². The van der Waals surface area contributed by atoms with Crippen LogP contribution in [0.15, 0.2) is 273 Å². The fourth-order valence-corrected chi connectivity index (χ4v) is 13.5. The fraction of sp³-hybridized carbons (Fsp3) is 0. The average Bonchev–Trinajstić information content (AvgIpc) is 3.34. The number of benzene rings is 9. The van der Waals surface area contributed by atoms with Crippen molar-refractivity contribution < 1.29 is 19.5 Å². The van der Waals surface area contributed by atoms with Gasteiger partial charge in [0, 0.05) is 19.5 Å².